The van der Waals surface area contributed by atoms with E-state index in [9.17, 15) is 9.90 Å². The SMILES string of the molecule is C[C@@H](O)c1ccc(OCC(=O)NCC#N)c(Cl)c1. The van der Waals surface area contributed by atoms with Gasteiger partial charge in [-0.15, -0.1) is 0 Å². The summed E-state index contributed by atoms with van der Waals surface area (Å²) in [6, 6.07) is 6.62. The van der Waals surface area contributed by atoms with Gasteiger partial charge >= 0.3 is 0 Å². The van der Waals surface area contributed by atoms with E-state index in [2.05, 4.69) is 5.32 Å². The molecular weight excluding hydrogens is 256 g/mol. The standard InChI is InChI=1S/C12H13ClN2O3/c1-8(16)9-2-3-11(10(13)6-9)18-7-12(17)15-5-4-14/h2-3,6,8,16H,5,7H2,1H3,(H,15,17)/t8-/m1/s1. The summed E-state index contributed by atoms with van der Waals surface area (Å²) in [5.74, 6) is -0.0413. The third-order valence-electron chi connectivity index (χ3n) is 2.16. The number of nitrogens with zero attached hydrogens (tertiary/aromatic N) is 1. The maximum absolute atomic E-state index is 11.2. The Labute approximate surface area is 110 Å². The molecule has 0 aromatic heterocycles. The molecule has 0 fully saturated rings. The summed E-state index contributed by atoms with van der Waals surface area (Å²) in [6.07, 6.45) is -0.615. The van der Waals surface area contributed by atoms with E-state index in [-0.39, 0.29) is 13.2 Å². The smallest absolute Gasteiger partial charge is 0.258 e. The molecule has 0 unspecified atom stereocenters. The number of carbonyl (C=O) groups is 1. The molecule has 6 heteroatoms. The van der Waals surface area contributed by atoms with Crippen molar-refractivity contribution in [2.24, 2.45) is 0 Å². The average molecular weight is 269 g/mol. The molecule has 0 aliphatic rings. The zero-order valence-electron chi connectivity index (χ0n) is 9.81. The van der Waals surface area contributed by atoms with Gasteiger partial charge in [0, 0.05) is 0 Å². The van der Waals surface area contributed by atoms with Crippen LogP contribution in [0.1, 0.15) is 18.6 Å². The van der Waals surface area contributed by atoms with Crippen LogP contribution in [0, 0.1) is 11.3 Å². The number of aliphatic hydroxyl groups excluding tert-OH is 1. The first-order valence-electron chi connectivity index (χ1n) is 5.28. The molecule has 0 saturated heterocycles. The summed E-state index contributed by atoms with van der Waals surface area (Å²) in [4.78, 5) is 11.2. The van der Waals surface area contributed by atoms with Crippen molar-refractivity contribution in [2.75, 3.05) is 13.2 Å². The molecule has 1 atom stereocenters. The van der Waals surface area contributed by atoms with Crippen LogP contribution in [0.15, 0.2) is 18.2 Å². The normalized spacial score (nSPS) is 11.4. The molecular formula is C12H13ClN2O3. The van der Waals surface area contributed by atoms with E-state index in [1.807, 2.05) is 0 Å². The molecule has 5 nitrogen and oxygen atoms in total. The van der Waals surface area contributed by atoms with Crippen LogP contribution in [-0.2, 0) is 4.79 Å². The number of aliphatic hydroxyl groups is 1. The van der Waals surface area contributed by atoms with Crippen LogP contribution in [0.25, 0.3) is 0 Å². The van der Waals surface area contributed by atoms with Crippen LogP contribution in [-0.4, -0.2) is 24.2 Å². The highest BCUT2D eigenvalue weighted by Gasteiger charge is 2.08. The highest BCUT2D eigenvalue weighted by Crippen LogP contribution is 2.27. The second kappa shape index (κ2) is 6.84. The van der Waals surface area contributed by atoms with Gasteiger partial charge in [0.25, 0.3) is 5.91 Å². The first-order chi connectivity index (χ1) is 8.54. The third kappa shape index (κ3) is 4.24. The highest BCUT2D eigenvalue weighted by molar-refractivity contribution is 6.32. The molecule has 0 bridgehead atoms. The second-order valence-corrected chi connectivity index (χ2v) is 4.00. The molecule has 2 N–H and O–H groups in total. The lowest BCUT2D eigenvalue weighted by Gasteiger charge is -2.10. The fourth-order valence-electron chi connectivity index (χ4n) is 1.23. The summed E-state index contributed by atoms with van der Waals surface area (Å²) >= 11 is 5.94. The van der Waals surface area contributed by atoms with E-state index in [0.29, 0.717) is 16.3 Å². The van der Waals surface area contributed by atoms with Gasteiger partial charge in [0.15, 0.2) is 6.61 Å². The lowest BCUT2D eigenvalue weighted by molar-refractivity contribution is -0.122. The number of benzene rings is 1. The van der Waals surface area contributed by atoms with E-state index in [1.165, 1.54) is 0 Å². The van der Waals surface area contributed by atoms with Crippen LogP contribution in [0.2, 0.25) is 5.02 Å². The second-order valence-electron chi connectivity index (χ2n) is 3.59. The first-order valence-corrected chi connectivity index (χ1v) is 5.66. The van der Waals surface area contributed by atoms with Crippen molar-refractivity contribution in [3.63, 3.8) is 0 Å². The minimum Gasteiger partial charge on any atom is -0.482 e. The Morgan fingerprint density at radius 2 is 2.39 bits per heavy atom. The van der Waals surface area contributed by atoms with Gasteiger partial charge < -0.3 is 15.2 Å². The van der Waals surface area contributed by atoms with Gasteiger partial charge in [0.05, 0.1) is 17.2 Å². The molecule has 0 radical (unpaired) electrons. The van der Waals surface area contributed by atoms with Crippen LogP contribution >= 0.6 is 11.6 Å². The molecule has 0 spiro atoms. The van der Waals surface area contributed by atoms with E-state index >= 15 is 0 Å². The molecule has 18 heavy (non-hydrogen) atoms. The summed E-state index contributed by atoms with van der Waals surface area (Å²) in [5, 5.41) is 20.3. The maximum Gasteiger partial charge on any atom is 0.258 e. The number of amides is 1. The lowest BCUT2D eigenvalue weighted by atomic mass is 10.1. The number of hydrogen-bond donors (Lipinski definition) is 2. The molecule has 1 rings (SSSR count). The van der Waals surface area contributed by atoms with Crippen molar-refractivity contribution in [3.8, 4) is 11.8 Å². The number of hydrogen-bond acceptors (Lipinski definition) is 4. The molecule has 0 saturated carbocycles. The number of halogens is 1. The minimum absolute atomic E-state index is 0.0586. The fraction of sp³-hybridized carbons (Fsp3) is 0.333. The molecule has 96 valence electrons. The average Bonchev–Trinajstić information content (AvgIpc) is 2.34. The van der Waals surface area contributed by atoms with Gasteiger partial charge in [-0.05, 0) is 24.6 Å². The maximum atomic E-state index is 11.2. The van der Waals surface area contributed by atoms with Crippen molar-refractivity contribution < 1.29 is 14.6 Å². The van der Waals surface area contributed by atoms with Gasteiger partial charge in [-0.25, -0.2) is 0 Å². The highest BCUT2D eigenvalue weighted by atomic mass is 35.5. The predicted molar refractivity (Wildman–Crippen MR) is 66.2 cm³/mol. The quantitative estimate of drug-likeness (QED) is 0.791. The zero-order chi connectivity index (χ0) is 13.5. The van der Waals surface area contributed by atoms with Gasteiger partial charge in [-0.2, -0.15) is 5.26 Å². The lowest BCUT2D eigenvalue weighted by Crippen LogP contribution is -2.29. The van der Waals surface area contributed by atoms with E-state index in [1.54, 1.807) is 31.2 Å². The summed E-state index contributed by atoms with van der Waals surface area (Å²) in [5.41, 5.74) is 0.668. The largest absolute Gasteiger partial charge is 0.482 e. The van der Waals surface area contributed by atoms with Gasteiger partial charge in [-0.3, -0.25) is 4.79 Å². The summed E-state index contributed by atoms with van der Waals surface area (Å²) in [6.45, 7) is 1.36. The minimum atomic E-state index is -0.615. The van der Waals surface area contributed by atoms with E-state index < -0.39 is 12.0 Å². The van der Waals surface area contributed by atoms with Crippen LogP contribution in [0.4, 0.5) is 0 Å². The topological polar surface area (TPSA) is 82.3 Å². The molecule has 0 heterocycles. The number of nitriles is 1. The Kier molecular flexibility index (Phi) is 5.43. The Morgan fingerprint density at radius 1 is 1.67 bits per heavy atom. The Hall–Kier alpha value is -1.77. The van der Waals surface area contributed by atoms with Crippen LogP contribution in [0.3, 0.4) is 0 Å². The number of ether oxygens (including phenoxy) is 1. The van der Waals surface area contributed by atoms with E-state index in [0.717, 1.165) is 0 Å². The molecule has 1 amide bonds. The van der Waals surface area contributed by atoms with Gasteiger partial charge in [0.1, 0.15) is 12.3 Å². The zero-order valence-corrected chi connectivity index (χ0v) is 10.6. The predicted octanol–water partition coefficient (Wildman–Crippen LogP) is 1.41. The van der Waals surface area contributed by atoms with Crippen LogP contribution in [0.5, 0.6) is 5.75 Å². The molecule has 1 aromatic carbocycles. The van der Waals surface area contributed by atoms with Crippen molar-refractivity contribution in [2.45, 2.75) is 13.0 Å². The first kappa shape index (κ1) is 14.3. The monoisotopic (exact) mass is 268 g/mol. The number of carbonyl (C=O) groups excluding carboxylic acids is 1. The number of nitrogens with one attached hydrogen (secondary N) is 1. The van der Waals surface area contributed by atoms with Crippen molar-refractivity contribution in [1.29, 1.82) is 5.26 Å². The summed E-state index contributed by atoms with van der Waals surface area (Å²) in [7, 11) is 0. The molecule has 0 aliphatic carbocycles. The van der Waals surface area contributed by atoms with Crippen molar-refractivity contribution in [1.82, 2.24) is 5.32 Å². The Balaban J connectivity index is 2.58. The van der Waals surface area contributed by atoms with Gasteiger partial charge in [-0.1, -0.05) is 17.7 Å². The Morgan fingerprint density at radius 3 is 2.94 bits per heavy atom. The summed E-state index contributed by atoms with van der Waals surface area (Å²) < 4.78 is 5.20. The molecule has 0 aliphatic heterocycles. The van der Waals surface area contributed by atoms with E-state index in [4.69, 9.17) is 21.6 Å². The van der Waals surface area contributed by atoms with Crippen LogP contribution < -0.4 is 10.1 Å². The number of rotatable bonds is 5. The van der Waals surface area contributed by atoms with Crippen molar-refractivity contribution in [3.05, 3.63) is 28.8 Å². The fourth-order valence-corrected chi connectivity index (χ4v) is 1.47. The van der Waals surface area contributed by atoms with Gasteiger partial charge in [0.2, 0.25) is 0 Å². The van der Waals surface area contributed by atoms with Crippen molar-refractivity contribution >= 4 is 17.5 Å². The Bertz CT molecular complexity index is 469. The molecule has 1 aromatic rings. The third-order valence-corrected chi connectivity index (χ3v) is 2.46.